The number of ether oxygens (including phenoxy) is 2. The second-order valence-electron chi connectivity index (χ2n) is 8.43. The van der Waals surface area contributed by atoms with E-state index in [-0.39, 0.29) is 5.91 Å². The van der Waals surface area contributed by atoms with E-state index in [0.717, 1.165) is 33.6 Å². The summed E-state index contributed by atoms with van der Waals surface area (Å²) >= 11 is 0. The summed E-state index contributed by atoms with van der Waals surface area (Å²) in [6.45, 7) is 0.494. The van der Waals surface area contributed by atoms with Crippen molar-refractivity contribution in [2.45, 2.75) is 24.2 Å². The van der Waals surface area contributed by atoms with E-state index < -0.39 is 11.3 Å². The van der Waals surface area contributed by atoms with Crippen LogP contribution in [0.4, 0.5) is 0 Å². The molecule has 3 aliphatic rings. The molecule has 0 aromatic heterocycles. The first-order chi connectivity index (χ1) is 15.2. The van der Waals surface area contributed by atoms with Crippen LogP contribution in [0.25, 0.3) is 12.2 Å². The van der Waals surface area contributed by atoms with E-state index in [9.17, 15) is 4.79 Å². The summed E-state index contributed by atoms with van der Waals surface area (Å²) < 4.78 is 12.5. The van der Waals surface area contributed by atoms with E-state index in [2.05, 4.69) is 48.6 Å². The standard InChI is InChI=1S/C27H23NO3/c1-30-22-14-12-21(13-15-22)27-17-16-25(29)28(27)18-26(31-27)23-8-4-2-6-19(23)10-11-20-7-3-5-9-24(20)26/h2-15H,16-18H2,1H3. The lowest BCUT2D eigenvalue weighted by Crippen LogP contribution is -2.38. The molecule has 2 heterocycles. The summed E-state index contributed by atoms with van der Waals surface area (Å²) in [5, 5.41) is 0. The summed E-state index contributed by atoms with van der Waals surface area (Å²) in [7, 11) is 1.66. The van der Waals surface area contributed by atoms with Crippen LogP contribution in [0.3, 0.4) is 0 Å². The molecule has 4 nitrogen and oxygen atoms in total. The minimum atomic E-state index is -0.784. The minimum absolute atomic E-state index is 0.139. The Hall–Kier alpha value is -3.37. The molecule has 2 aliphatic heterocycles. The molecule has 31 heavy (non-hydrogen) atoms. The van der Waals surface area contributed by atoms with Crippen LogP contribution in [0, 0.1) is 0 Å². The third kappa shape index (κ3) is 2.48. The maximum absolute atomic E-state index is 13.1. The Morgan fingerprint density at radius 2 is 1.48 bits per heavy atom. The molecule has 1 atom stereocenters. The van der Waals surface area contributed by atoms with E-state index in [1.54, 1.807) is 7.11 Å². The van der Waals surface area contributed by atoms with Crippen molar-refractivity contribution in [1.29, 1.82) is 0 Å². The highest BCUT2D eigenvalue weighted by Gasteiger charge is 2.62. The topological polar surface area (TPSA) is 38.8 Å². The van der Waals surface area contributed by atoms with Gasteiger partial charge in [-0.1, -0.05) is 72.8 Å². The summed E-state index contributed by atoms with van der Waals surface area (Å²) in [5.41, 5.74) is 3.93. The average Bonchev–Trinajstić information content (AvgIpc) is 3.29. The number of hydrogen-bond acceptors (Lipinski definition) is 3. The first-order valence-electron chi connectivity index (χ1n) is 10.7. The van der Waals surface area contributed by atoms with Gasteiger partial charge in [0.2, 0.25) is 5.91 Å². The van der Waals surface area contributed by atoms with Crippen LogP contribution in [0.15, 0.2) is 72.8 Å². The average molecular weight is 409 g/mol. The number of carbonyl (C=O) groups excluding carboxylic acids is 1. The zero-order valence-electron chi connectivity index (χ0n) is 17.4. The largest absolute Gasteiger partial charge is 0.497 e. The fraction of sp³-hybridized carbons (Fsp3) is 0.222. The fourth-order valence-electron chi connectivity index (χ4n) is 5.45. The molecule has 4 heteroatoms. The van der Waals surface area contributed by atoms with Gasteiger partial charge in [-0.05, 0) is 34.4 Å². The quantitative estimate of drug-likeness (QED) is 0.603. The van der Waals surface area contributed by atoms with Crippen LogP contribution in [0.2, 0.25) is 0 Å². The van der Waals surface area contributed by atoms with Crippen LogP contribution >= 0.6 is 0 Å². The lowest BCUT2D eigenvalue weighted by molar-refractivity contribution is -0.145. The summed E-state index contributed by atoms with van der Waals surface area (Å²) in [6, 6.07) is 24.6. The third-order valence-electron chi connectivity index (χ3n) is 6.91. The first-order valence-corrected chi connectivity index (χ1v) is 10.7. The molecule has 0 radical (unpaired) electrons. The van der Waals surface area contributed by atoms with Gasteiger partial charge in [-0.3, -0.25) is 4.79 Å². The van der Waals surface area contributed by atoms with Gasteiger partial charge in [0.1, 0.15) is 11.4 Å². The number of fused-ring (bicyclic) bond motifs is 5. The maximum Gasteiger partial charge on any atom is 0.225 e. The van der Waals surface area contributed by atoms with Crippen molar-refractivity contribution in [3.8, 4) is 5.75 Å². The van der Waals surface area contributed by atoms with Crippen molar-refractivity contribution in [3.05, 3.63) is 101 Å². The third-order valence-corrected chi connectivity index (χ3v) is 6.91. The maximum atomic E-state index is 13.1. The predicted molar refractivity (Wildman–Crippen MR) is 119 cm³/mol. The van der Waals surface area contributed by atoms with Gasteiger partial charge >= 0.3 is 0 Å². The minimum Gasteiger partial charge on any atom is -0.497 e. The molecule has 1 aliphatic carbocycles. The van der Waals surface area contributed by atoms with E-state index in [0.29, 0.717) is 19.4 Å². The highest BCUT2D eigenvalue weighted by atomic mass is 16.6. The molecule has 2 fully saturated rings. The Kier molecular flexibility index (Phi) is 3.90. The molecule has 1 unspecified atom stereocenters. The molecule has 3 aromatic rings. The van der Waals surface area contributed by atoms with Crippen LogP contribution < -0.4 is 4.74 Å². The van der Waals surface area contributed by atoms with Gasteiger partial charge in [0, 0.05) is 18.4 Å². The van der Waals surface area contributed by atoms with Gasteiger partial charge in [-0.25, -0.2) is 0 Å². The van der Waals surface area contributed by atoms with Crippen LogP contribution in [0.5, 0.6) is 5.75 Å². The number of methoxy groups -OCH3 is 1. The van der Waals surface area contributed by atoms with Gasteiger partial charge in [0.05, 0.1) is 13.7 Å². The smallest absolute Gasteiger partial charge is 0.225 e. The highest BCUT2D eigenvalue weighted by molar-refractivity contribution is 5.82. The second-order valence-corrected chi connectivity index (χ2v) is 8.43. The molecule has 154 valence electrons. The van der Waals surface area contributed by atoms with Crippen molar-refractivity contribution >= 4 is 18.1 Å². The summed E-state index contributed by atoms with van der Waals surface area (Å²) in [6.07, 6.45) is 5.43. The zero-order chi connectivity index (χ0) is 21.1. The van der Waals surface area contributed by atoms with Gasteiger partial charge in [0.15, 0.2) is 5.72 Å². The Balaban J connectivity index is 1.59. The lowest BCUT2D eigenvalue weighted by Gasteiger charge is -2.35. The molecular formula is C27H23NO3. The molecule has 1 spiro atoms. The molecule has 0 saturated carbocycles. The lowest BCUT2D eigenvalue weighted by atomic mass is 9.83. The monoisotopic (exact) mass is 409 g/mol. The van der Waals surface area contributed by atoms with Crippen molar-refractivity contribution in [3.63, 3.8) is 0 Å². The van der Waals surface area contributed by atoms with Crippen molar-refractivity contribution in [2.75, 3.05) is 13.7 Å². The molecule has 0 bridgehead atoms. The molecule has 1 amide bonds. The second kappa shape index (κ2) is 6.56. The van der Waals surface area contributed by atoms with Crippen molar-refractivity contribution in [1.82, 2.24) is 4.90 Å². The first kappa shape index (κ1) is 18.4. The Morgan fingerprint density at radius 1 is 0.871 bits per heavy atom. The molecular weight excluding hydrogens is 386 g/mol. The summed E-state index contributed by atoms with van der Waals surface area (Å²) in [4.78, 5) is 15.1. The number of benzene rings is 3. The van der Waals surface area contributed by atoms with Crippen molar-refractivity contribution in [2.24, 2.45) is 0 Å². The zero-order valence-corrected chi connectivity index (χ0v) is 17.4. The molecule has 0 N–H and O–H groups in total. The van der Waals surface area contributed by atoms with E-state index in [4.69, 9.17) is 9.47 Å². The van der Waals surface area contributed by atoms with Gasteiger partial charge in [0.25, 0.3) is 0 Å². The van der Waals surface area contributed by atoms with E-state index in [1.807, 2.05) is 41.3 Å². The van der Waals surface area contributed by atoms with Crippen LogP contribution in [0.1, 0.15) is 40.7 Å². The number of hydrogen-bond donors (Lipinski definition) is 0. The molecule has 2 saturated heterocycles. The highest BCUT2D eigenvalue weighted by Crippen LogP contribution is 2.56. The predicted octanol–water partition coefficient (Wildman–Crippen LogP) is 4.93. The number of amides is 1. The SMILES string of the molecule is COc1ccc(C23CCC(=O)N2CC2(O3)c3ccccc3C=Cc3ccccc32)cc1. The van der Waals surface area contributed by atoms with Crippen molar-refractivity contribution < 1.29 is 14.3 Å². The van der Waals surface area contributed by atoms with Gasteiger partial charge in [-0.2, -0.15) is 0 Å². The number of rotatable bonds is 2. The Labute approximate surface area is 181 Å². The summed E-state index contributed by atoms with van der Waals surface area (Å²) in [5.74, 6) is 0.929. The van der Waals surface area contributed by atoms with Gasteiger partial charge in [-0.15, -0.1) is 0 Å². The molecule has 6 rings (SSSR count). The fourth-order valence-corrected chi connectivity index (χ4v) is 5.45. The van der Waals surface area contributed by atoms with E-state index >= 15 is 0 Å². The Bertz CT molecular complexity index is 1160. The number of carbonyl (C=O) groups is 1. The molecule has 3 aromatic carbocycles. The van der Waals surface area contributed by atoms with Crippen LogP contribution in [-0.4, -0.2) is 24.5 Å². The normalized spacial score (nSPS) is 22.7. The number of nitrogens with zero attached hydrogens (tertiary/aromatic N) is 1. The Morgan fingerprint density at radius 3 is 2.10 bits per heavy atom. The van der Waals surface area contributed by atoms with E-state index in [1.165, 1.54) is 0 Å². The van der Waals surface area contributed by atoms with Gasteiger partial charge < -0.3 is 14.4 Å². The van der Waals surface area contributed by atoms with Crippen LogP contribution in [-0.2, 0) is 20.9 Å².